The van der Waals surface area contributed by atoms with Gasteiger partial charge in [0, 0.05) is 49.4 Å². The standard InChI is InChI=1S/C27H38ClN5O3/c1-35-26(34)12-7-5-3-2-4-6-8-15-36-23-11-9-10-20(16-23)33-21-13-14-22(33)19-32(18-21)24-17-25(28)30-31-27(24)29/h9-11,16-17,21-22H,2-8,12-15,18-19H2,1H3,(H2,29,31). The number of hydrogen-bond donors (Lipinski definition) is 1. The van der Waals surface area contributed by atoms with E-state index in [1.54, 1.807) is 0 Å². The number of unbranched alkanes of at least 4 members (excludes halogenated alkanes) is 6. The molecule has 0 spiro atoms. The van der Waals surface area contributed by atoms with Gasteiger partial charge in [-0.2, -0.15) is 0 Å². The third-order valence-corrected chi connectivity index (χ3v) is 7.42. The molecule has 2 saturated heterocycles. The summed E-state index contributed by atoms with van der Waals surface area (Å²) in [7, 11) is 1.45. The summed E-state index contributed by atoms with van der Waals surface area (Å²) in [6, 6.07) is 11.2. The Hall–Kier alpha value is -2.74. The van der Waals surface area contributed by atoms with Crippen LogP contribution in [0.1, 0.15) is 64.2 Å². The zero-order valence-corrected chi connectivity index (χ0v) is 22.0. The molecule has 2 bridgehead atoms. The molecule has 0 saturated carbocycles. The van der Waals surface area contributed by atoms with Crippen molar-refractivity contribution < 1.29 is 14.3 Å². The molecule has 1 aromatic heterocycles. The number of hydrogen-bond acceptors (Lipinski definition) is 8. The molecule has 0 radical (unpaired) electrons. The number of anilines is 3. The Morgan fingerprint density at radius 1 is 1.03 bits per heavy atom. The molecular formula is C27H38ClN5O3. The van der Waals surface area contributed by atoms with Crippen molar-refractivity contribution in [3.63, 3.8) is 0 Å². The molecule has 2 unspecified atom stereocenters. The van der Waals surface area contributed by atoms with Crippen LogP contribution in [0.4, 0.5) is 17.2 Å². The highest BCUT2D eigenvalue weighted by Crippen LogP contribution is 2.38. The summed E-state index contributed by atoms with van der Waals surface area (Å²) in [5, 5.41) is 8.21. The summed E-state index contributed by atoms with van der Waals surface area (Å²) in [5.74, 6) is 1.26. The number of ether oxygens (including phenoxy) is 2. The number of benzene rings is 1. The number of rotatable bonds is 13. The van der Waals surface area contributed by atoms with E-state index in [0.717, 1.165) is 63.2 Å². The topological polar surface area (TPSA) is 93.8 Å². The monoisotopic (exact) mass is 515 g/mol. The van der Waals surface area contributed by atoms with Crippen molar-refractivity contribution in [1.82, 2.24) is 10.2 Å². The first-order valence-electron chi connectivity index (χ1n) is 13.2. The summed E-state index contributed by atoms with van der Waals surface area (Å²) in [5.41, 5.74) is 8.20. The third-order valence-electron chi connectivity index (χ3n) is 7.23. The predicted molar refractivity (Wildman–Crippen MR) is 144 cm³/mol. The second kappa shape index (κ2) is 13.0. The average molecular weight is 516 g/mol. The van der Waals surface area contributed by atoms with Crippen molar-refractivity contribution in [1.29, 1.82) is 0 Å². The maximum absolute atomic E-state index is 11.1. The Kier molecular flexibility index (Phi) is 9.50. The van der Waals surface area contributed by atoms with Gasteiger partial charge in [0.2, 0.25) is 0 Å². The fraction of sp³-hybridized carbons (Fsp3) is 0.593. The van der Waals surface area contributed by atoms with Crippen molar-refractivity contribution in [2.45, 2.75) is 76.3 Å². The summed E-state index contributed by atoms with van der Waals surface area (Å²) >= 11 is 6.08. The minimum absolute atomic E-state index is 0.107. The van der Waals surface area contributed by atoms with Crippen LogP contribution >= 0.6 is 11.6 Å². The zero-order chi connectivity index (χ0) is 25.3. The number of esters is 1. The quantitative estimate of drug-likeness (QED) is 0.286. The Bertz CT molecular complexity index is 993. The molecule has 2 aliphatic heterocycles. The number of halogens is 1. The Morgan fingerprint density at radius 3 is 2.44 bits per heavy atom. The van der Waals surface area contributed by atoms with Crippen molar-refractivity contribution in [3.8, 4) is 5.75 Å². The van der Waals surface area contributed by atoms with Gasteiger partial charge < -0.3 is 25.0 Å². The van der Waals surface area contributed by atoms with E-state index in [1.165, 1.54) is 38.5 Å². The van der Waals surface area contributed by atoms with Crippen molar-refractivity contribution in [2.75, 3.05) is 42.3 Å². The molecule has 1 aromatic carbocycles. The Labute approximate surface area is 219 Å². The van der Waals surface area contributed by atoms with Gasteiger partial charge in [-0.1, -0.05) is 49.8 Å². The maximum atomic E-state index is 11.1. The van der Waals surface area contributed by atoms with Crippen LogP contribution in [0.3, 0.4) is 0 Å². The predicted octanol–water partition coefficient (Wildman–Crippen LogP) is 5.24. The van der Waals surface area contributed by atoms with Crippen LogP contribution in [-0.4, -0.2) is 55.1 Å². The van der Waals surface area contributed by atoms with Gasteiger partial charge in [0.1, 0.15) is 5.75 Å². The SMILES string of the molecule is COC(=O)CCCCCCCCCOc1cccc(N2C3CCC2CN(c2cc(Cl)nnc2N)C3)c1. The van der Waals surface area contributed by atoms with Gasteiger partial charge in [-0.3, -0.25) is 4.79 Å². The molecule has 36 heavy (non-hydrogen) atoms. The minimum Gasteiger partial charge on any atom is -0.494 e. The van der Waals surface area contributed by atoms with E-state index >= 15 is 0 Å². The van der Waals surface area contributed by atoms with Gasteiger partial charge in [-0.15, -0.1) is 10.2 Å². The number of fused-ring (bicyclic) bond motifs is 2. The largest absolute Gasteiger partial charge is 0.494 e. The molecule has 2 aliphatic rings. The molecule has 4 rings (SSSR count). The third kappa shape index (κ3) is 6.93. The van der Waals surface area contributed by atoms with Crippen molar-refractivity contribution in [2.24, 2.45) is 0 Å². The van der Waals surface area contributed by atoms with E-state index in [1.807, 2.05) is 12.1 Å². The highest BCUT2D eigenvalue weighted by Gasteiger charge is 2.40. The molecular weight excluding hydrogens is 478 g/mol. The lowest BCUT2D eigenvalue weighted by Crippen LogP contribution is -2.54. The molecule has 0 amide bonds. The molecule has 2 aromatic rings. The number of piperazine rings is 1. The first-order chi connectivity index (χ1) is 17.5. The van der Waals surface area contributed by atoms with E-state index in [0.29, 0.717) is 29.5 Å². The van der Waals surface area contributed by atoms with Crippen LogP contribution in [0.25, 0.3) is 0 Å². The zero-order valence-electron chi connectivity index (χ0n) is 21.2. The average Bonchev–Trinajstić information content (AvgIpc) is 3.15. The van der Waals surface area contributed by atoms with Gasteiger partial charge in [-0.25, -0.2) is 0 Å². The highest BCUT2D eigenvalue weighted by atomic mass is 35.5. The Morgan fingerprint density at radius 2 is 1.72 bits per heavy atom. The molecule has 9 heteroatoms. The van der Waals surface area contributed by atoms with Crippen LogP contribution in [0.2, 0.25) is 5.15 Å². The first kappa shape index (κ1) is 26.3. The van der Waals surface area contributed by atoms with Gasteiger partial charge in [-0.05, 0) is 37.8 Å². The van der Waals surface area contributed by atoms with Gasteiger partial charge in [0.05, 0.1) is 19.4 Å². The van der Waals surface area contributed by atoms with Crippen molar-refractivity contribution in [3.05, 3.63) is 35.5 Å². The number of nitrogen functional groups attached to an aromatic ring is 1. The van der Waals surface area contributed by atoms with Crippen LogP contribution < -0.4 is 20.3 Å². The highest BCUT2D eigenvalue weighted by molar-refractivity contribution is 6.29. The molecule has 8 nitrogen and oxygen atoms in total. The van der Waals surface area contributed by atoms with E-state index in [2.05, 4.69) is 42.9 Å². The number of carbonyl (C=O) groups is 1. The van der Waals surface area contributed by atoms with E-state index in [4.69, 9.17) is 22.1 Å². The fourth-order valence-corrected chi connectivity index (χ4v) is 5.57. The van der Waals surface area contributed by atoms with E-state index < -0.39 is 0 Å². The summed E-state index contributed by atoms with van der Waals surface area (Å²) < 4.78 is 10.8. The van der Waals surface area contributed by atoms with E-state index in [-0.39, 0.29) is 5.97 Å². The van der Waals surface area contributed by atoms with Gasteiger partial charge in [0.25, 0.3) is 0 Å². The number of aromatic nitrogens is 2. The number of nitrogens with two attached hydrogens (primary N) is 1. The van der Waals surface area contributed by atoms with Crippen LogP contribution in [0, 0.1) is 0 Å². The number of carbonyl (C=O) groups excluding carboxylic acids is 1. The fourth-order valence-electron chi connectivity index (χ4n) is 5.42. The van der Waals surface area contributed by atoms with Crippen LogP contribution in [-0.2, 0) is 9.53 Å². The van der Waals surface area contributed by atoms with Crippen LogP contribution in [0.5, 0.6) is 5.75 Å². The Balaban J connectivity index is 1.20. The molecule has 2 N–H and O–H groups in total. The number of nitrogens with zero attached hydrogens (tertiary/aromatic N) is 4. The van der Waals surface area contributed by atoms with Crippen molar-refractivity contribution >= 4 is 34.8 Å². The van der Waals surface area contributed by atoms with Gasteiger partial charge >= 0.3 is 5.97 Å². The lowest BCUT2D eigenvalue weighted by Gasteiger charge is -2.43. The summed E-state index contributed by atoms with van der Waals surface area (Å²) in [6.45, 7) is 2.51. The molecule has 2 atom stereocenters. The lowest BCUT2D eigenvalue weighted by atomic mass is 10.1. The lowest BCUT2D eigenvalue weighted by molar-refractivity contribution is -0.140. The van der Waals surface area contributed by atoms with E-state index in [9.17, 15) is 4.79 Å². The first-order valence-corrected chi connectivity index (χ1v) is 13.5. The maximum Gasteiger partial charge on any atom is 0.305 e. The normalized spacial score (nSPS) is 18.9. The summed E-state index contributed by atoms with van der Waals surface area (Å²) in [6.07, 6.45) is 10.7. The smallest absolute Gasteiger partial charge is 0.305 e. The van der Waals surface area contributed by atoms with Gasteiger partial charge in [0.15, 0.2) is 11.0 Å². The molecule has 3 heterocycles. The second-order valence-corrected chi connectivity index (χ2v) is 10.2. The summed E-state index contributed by atoms with van der Waals surface area (Å²) in [4.78, 5) is 16.0. The van der Waals surface area contributed by atoms with Crippen LogP contribution in [0.15, 0.2) is 30.3 Å². The molecule has 196 valence electrons. The minimum atomic E-state index is -0.107. The second-order valence-electron chi connectivity index (χ2n) is 9.78. The number of methoxy groups -OCH3 is 1. The molecule has 0 aliphatic carbocycles. The molecule has 2 fully saturated rings.